The molecule has 0 radical (unpaired) electrons. The molecule has 120 valence electrons. The highest BCUT2D eigenvalue weighted by Crippen LogP contribution is 2.28. The van der Waals surface area contributed by atoms with Gasteiger partial charge in [-0.1, -0.05) is 51.5 Å². The molecule has 0 saturated heterocycles. The number of benzene rings is 1. The Hall–Kier alpha value is -1.84. The van der Waals surface area contributed by atoms with Crippen molar-refractivity contribution in [2.24, 2.45) is 11.8 Å². The van der Waals surface area contributed by atoms with Crippen LogP contribution < -0.4 is 0 Å². The number of nitrogens with zero attached hydrogens (tertiary/aromatic N) is 1. The predicted octanol–water partition coefficient (Wildman–Crippen LogP) is 3.10. The van der Waals surface area contributed by atoms with Gasteiger partial charge in [0.1, 0.15) is 6.04 Å². The Bertz CT molecular complexity index is 553. The molecule has 4 nitrogen and oxygen atoms in total. The highest BCUT2D eigenvalue weighted by molar-refractivity contribution is 5.86. The summed E-state index contributed by atoms with van der Waals surface area (Å²) in [7, 11) is 0. The maximum Gasteiger partial charge on any atom is 0.326 e. The van der Waals surface area contributed by atoms with Crippen molar-refractivity contribution < 1.29 is 14.7 Å². The summed E-state index contributed by atoms with van der Waals surface area (Å²) in [5, 5.41) is 9.54. The Morgan fingerprint density at radius 2 is 1.91 bits per heavy atom. The summed E-state index contributed by atoms with van der Waals surface area (Å²) >= 11 is 0. The lowest BCUT2D eigenvalue weighted by Crippen LogP contribution is -2.51. The molecule has 2 atom stereocenters. The highest BCUT2D eigenvalue weighted by atomic mass is 16.4. The SMILES string of the molecule is CCCC(C(=O)N1Cc2ccccc2CC1C(=O)O)C(C)C. The number of hydrogen-bond acceptors (Lipinski definition) is 2. The van der Waals surface area contributed by atoms with Crippen molar-refractivity contribution in [3.8, 4) is 0 Å². The van der Waals surface area contributed by atoms with Crippen molar-refractivity contribution >= 4 is 11.9 Å². The van der Waals surface area contributed by atoms with Crippen LogP contribution in [0, 0.1) is 11.8 Å². The molecule has 2 unspecified atom stereocenters. The van der Waals surface area contributed by atoms with E-state index in [9.17, 15) is 14.7 Å². The normalized spacial score (nSPS) is 18.9. The van der Waals surface area contributed by atoms with Gasteiger partial charge in [0.25, 0.3) is 0 Å². The smallest absolute Gasteiger partial charge is 0.326 e. The fourth-order valence-electron chi connectivity index (χ4n) is 3.24. The van der Waals surface area contributed by atoms with Gasteiger partial charge in [-0.3, -0.25) is 4.79 Å². The highest BCUT2D eigenvalue weighted by Gasteiger charge is 2.37. The molecule has 1 amide bonds. The van der Waals surface area contributed by atoms with Gasteiger partial charge in [0.2, 0.25) is 5.91 Å². The van der Waals surface area contributed by atoms with Gasteiger partial charge in [-0.05, 0) is 23.5 Å². The van der Waals surface area contributed by atoms with E-state index in [0.29, 0.717) is 13.0 Å². The number of rotatable bonds is 5. The van der Waals surface area contributed by atoms with E-state index in [2.05, 4.69) is 6.92 Å². The van der Waals surface area contributed by atoms with E-state index >= 15 is 0 Å². The molecular weight excluding hydrogens is 278 g/mol. The maximum atomic E-state index is 12.9. The quantitative estimate of drug-likeness (QED) is 0.909. The minimum absolute atomic E-state index is 0.0150. The second kappa shape index (κ2) is 6.95. The van der Waals surface area contributed by atoms with Crippen molar-refractivity contribution in [2.75, 3.05) is 0 Å². The lowest BCUT2D eigenvalue weighted by Gasteiger charge is -2.37. The Morgan fingerprint density at radius 1 is 1.27 bits per heavy atom. The van der Waals surface area contributed by atoms with Gasteiger partial charge < -0.3 is 10.0 Å². The van der Waals surface area contributed by atoms with Crippen molar-refractivity contribution in [3.05, 3.63) is 35.4 Å². The van der Waals surface area contributed by atoms with Crippen molar-refractivity contribution in [1.82, 2.24) is 4.90 Å². The molecule has 0 aromatic heterocycles. The number of carboxylic acids is 1. The number of carboxylic acid groups (broad SMARTS) is 1. The van der Waals surface area contributed by atoms with Crippen LogP contribution in [0.25, 0.3) is 0 Å². The molecule has 0 saturated carbocycles. The molecule has 0 aliphatic carbocycles. The molecule has 22 heavy (non-hydrogen) atoms. The Labute approximate surface area is 132 Å². The van der Waals surface area contributed by atoms with Crippen LogP contribution in [0.3, 0.4) is 0 Å². The number of carbonyl (C=O) groups is 2. The summed E-state index contributed by atoms with van der Waals surface area (Å²) in [4.78, 5) is 26.1. The summed E-state index contributed by atoms with van der Waals surface area (Å²) in [6.45, 7) is 6.53. The van der Waals surface area contributed by atoms with Crippen LogP contribution in [0.4, 0.5) is 0 Å². The molecule has 2 rings (SSSR count). The lowest BCUT2D eigenvalue weighted by atomic mass is 9.87. The van der Waals surface area contributed by atoms with E-state index in [-0.39, 0.29) is 17.7 Å². The summed E-state index contributed by atoms with van der Waals surface area (Å²) in [6, 6.07) is 7.05. The first-order chi connectivity index (χ1) is 10.5. The standard InChI is InChI=1S/C18H25NO3/c1-4-7-15(12(2)3)17(20)19-11-14-9-6-5-8-13(14)10-16(19)18(21)22/h5-6,8-9,12,15-16H,4,7,10-11H2,1-3H3,(H,21,22). The molecule has 1 heterocycles. The van der Waals surface area contributed by atoms with Gasteiger partial charge in [-0.15, -0.1) is 0 Å². The van der Waals surface area contributed by atoms with E-state index < -0.39 is 12.0 Å². The summed E-state index contributed by atoms with van der Waals surface area (Å²) in [5.41, 5.74) is 2.10. The number of hydrogen-bond donors (Lipinski definition) is 1. The molecule has 4 heteroatoms. The molecular formula is C18H25NO3. The van der Waals surface area contributed by atoms with Crippen molar-refractivity contribution in [1.29, 1.82) is 0 Å². The van der Waals surface area contributed by atoms with Gasteiger partial charge in [-0.25, -0.2) is 4.79 Å². The molecule has 0 fully saturated rings. The van der Waals surface area contributed by atoms with Crippen LogP contribution in [-0.4, -0.2) is 27.9 Å². The summed E-state index contributed by atoms with van der Waals surface area (Å²) in [5.74, 6) is -0.809. The third kappa shape index (κ3) is 3.32. The number of carbonyl (C=O) groups excluding carboxylic acids is 1. The van der Waals surface area contributed by atoms with Gasteiger partial charge in [0.05, 0.1) is 0 Å². The predicted molar refractivity (Wildman–Crippen MR) is 85.4 cm³/mol. The molecule has 1 aliphatic heterocycles. The Morgan fingerprint density at radius 3 is 2.45 bits per heavy atom. The topological polar surface area (TPSA) is 57.6 Å². The Balaban J connectivity index is 2.30. The molecule has 1 aromatic rings. The average Bonchev–Trinajstić information content (AvgIpc) is 2.50. The van der Waals surface area contributed by atoms with E-state index in [1.54, 1.807) is 4.90 Å². The molecule has 1 aliphatic rings. The zero-order valence-corrected chi connectivity index (χ0v) is 13.6. The largest absolute Gasteiger partial charge is 0.480 e. The zero-order chi connectivity index (χ0) is 16.3. The average molecular weight is 303 g/mol. The number of fused-ring (bicyclic) bond motifs is 1. The first-order valence-electron chi connectivity index (χ1n) is 8.05. The second-order valence-electron chi connectivity index (χ2n) is 6.43. The van der Waals surface area contributed by atoms with E-state index in [1.165, 1.54) is 0 Å². The van der Waals surface area contributed by atoms with Crippen LogP contribution in [-0.2, 0) is 22.6 Å². The third-order valence-electron chi connectivity index (χ3n) is 4.54. The van der Waals surface area contributed by atoms with Crippen LogP contribution >= 0.6 is 0 Å². The molecule has 0 spiro atoms. The van der Waals surface area contributed by atoms with Crippen LogP contribution in [0.2, 0.25) is 0 Å². The minimum Gasteiger partial charge on any atom is -0.480 e. The van der Waals surface area contributed by atoms with E-state index in [0.717, 1.165) is 24.0 Å². The second-order valence-corrected chi connectivity index (χ2v) is 6.43. The number of aliphatic carboxylic acids is 1. The van der Waals surface area contributed by atoms with Gasteiger partial charge in [0.15, 0.2) is 0 Å². The first kappa shape index (κ1) is 16.5. The zero-order valence-electron chi connectivity index (χ0n) is 13.6. The van der Waals surface area contributed by atoms with Crippen LogP contribution in [0.15, 0.2) is 24.3 Å². The van der Waals surface area contributed by atoms with Crippen molar-refractivity contribution in [3.63, 3.8) is 0 Å². The van der Waals surface area contributed by atoms with Crippen molar-refractivity contribution in [2.45, 2.75) is 52.6 Å². The fourth-order valence-corrected chi connectivity index (χ4v) is 3.24. The third-order valence-corrected chi connectivity index (χ3v) is 4.54. The minimum atomic E-state index is -0.915. The van der Waals surface area contributed by atoms with E-state index in [4.69, 9.17) is 0 Å². The fraction of sp³-hybridized carbons (Fsp3) is 0.556. The van der Waals surface area contributed by atoms with Crippen LogP contribution in [0.1, 0.15) is 44.7 Å². The first-order valence-corrected chi connectivity index (χ1v) is 8.05. The Kier molecular flexibility index (Phi) is 5.22. The molecule has 1 N–H and O–H groups in total. The molecule has 0 bridgehead atoms. The van der Waals surface area contributed by atoms with Gasteiger partial charge in [-0.2, -0.15) is 0 Å². The summed E-state index contributed by atoms with van der Waals surface area (Å²) < 4.78 is 0. The monoisotopic (exact) mass is 303 g/mol. The van der Waals surface area contributed by atoms with E-state index in [1.807, 2.05) is 38.1 Å². The summed E-state index contributed by atoms with van der Waals surface area (Å²) in [6.07, 6.45) is 2.13. The lowest BCUT2D eigenvalue weighted by molar-refractivity contribution is -0.154. The maximum absolute atomic E-state index is 12.9. The van der Waals surface area contributed by atoms with Crippen LogP contribution in [0.5, 0.6) is 0 Å². The van der Waals surface area contributed by atoms with Gasteiger partial charge in [0, 0.05) is 18.9 Å². The van der Waals surface area contributed by atoms with Gasteiger partial charge >= 0.3 is 5.97 Å². The molecule has 1 aromatic carbocycles. The number of amides is 1.